The highest BCUT2D eigenvalue weighted by Crippen LogP contribution is 2.21. The average molecular weight is 188 g/mol. The molecule has 14 heavy (non-hydrogen) atoms. The summed E-state index contributed by atoms with van der Waals surface area (Å²) < 4.78 is 0. The fraction of sp³-hybridized carbons (Fsp3) is 0.182. The topological polar surface area (TPSA) is 58.9 Å². The number of nitrogen functional groups attached to an aromatic ring is 1. The Morgan fingerprint density at radius 1 is 1.14 bits per heavy atom. The van der Waals surface area contributed by atoms with Gasteiger partial charge in [0.15, 0.2) is 0 Å². The summed E-state index contributed by atoms with van der Waals surface area (Å²) in [6.45, 7) is 3.92. The normalized spacial score (nSPS) is 10.7. The van der Waals surface area contributed by atoms with E-state index in [1.165, 1.54) is 0 Å². The SMILES string of the molecule is Cc1cc(N)cc2[nH]c(=O)cc(C)c12. The summed E-state index contributed by atoms with van der Waals surface area (Å²) >= 11 is 0. The summed E-state index contributed by atoms with van der Waals surface area (Å²) in [5, 5.41) is 1.08. The summed E-state index contributed by atoms with van der Waals surface area (Å²) in [6.07, 6.45) is 0. The number of nitrogens with two attached hydrogens (primary N) is 1. The van der Waals surface area contributed by atoms with Crippen LogP contribution in [-0.4, -0.2) is 4.98 Å². The van der Waals surface area contributed by atoms with Gasteiger partial charge in [0.2, 0.25) is 5.56 Å². The lowest BCUT2D eigenvalue weighted by molar-refractivity contribution is 1.27. The monoisotopic (exact) mass is 188 g/mol. The van der Waals surface area contributed by atoms with Gasteiger partial charge in [0.25, 0.3) is 0 Å². The van der Waals surface area contributed by atoms with E-state index in [0.717, 1.165) is 22.0 Å². The Morgan fingerprint density at radius 3 is 2.50 bits per heavy atom. The van der Waals surface area contributed by atoms with Crippen LogP contribution in [0.15, 0.2) is 23.0 Å². The molecule has 0 aliphatic heterocycles. The molecular weight excluding hydrogens is 176 g/mol. The number of nitrogens with one attached hydrogen (secondary N) is 1. The second kappa shape index (κ2) is 2.87. The van der Waals surface area contributed by atoms with Crippen molar-refractivity contribution in [2.75, 3.05) is 5.73 Å². The quantitative estimate of drug-likeness (QED) is 0.618. The van der Waals surface area contributed by atoms with Crippen molar-refractivity contribution in [2.24, 2.45) is 0 Å². The van der Waals surface area contributed by atoms with Crippen LogP contribution in [0.5, 0.6) is 0 Å². The van der Waals surface area contributed by atoms with Gasteiger partial charge in [-0.1, -0.05) is 0 Å². The number of anilines is 1. The van der Waals surface area contributed by atoms with Crippen molar-refractivity contribution in [1.82, 2.24) is 4.98 Å². The van der Waals surface area contributed by atoms with E-state index in [2.05, 4.69) is 4.98 Å². The zero-order valence-corrected chi connectivity index (χ0v) is 8.22. The molecule has 0 amide bonds. The number of rotatable bonds is 0. The van der Waals surface area contributed by atoms with Gasteiger partial charge in [-0.3, -0.25) is 4.79 Å². The molecule has 0 saturated heterocycles. The van der Waals surface area contributed by atoms with Crippen molar-refractivity contribution in [2.45, 2.75) is 13.8 Å². The number of fused-ring (bicyclic) bond motifs is 1. The number of hydrogen-bond donors (Lipinski definition) is 2. The van der Waals surface area contributed by atoms with Gasteiger partial charge in [-0.2, -0.15) is 0 Å². The number of aromatic amines is 1. The van der Waals surface area contributed by atoms with E-state index in [4.69, 9.17) is 5.73 Å². The Morgan fingerprint density at radius 2 is 1.79 bits per heavy atom. The maximum Gasteiger partial charge on any atom is 0.248 e. The highest BCUT2D eigenvalue weighted by Gasteiger charge is 2.03. The van der Waals surface area contributed by atoms with Crippen LogP contribution in [0.2, 0.25) is 0 Å². The lowest BCUT2D eigenvalue weighted by Crippen LogP contribution is -2.05. The molecule has 72 valence electrons. The Labute approximate surface area is 81.6 Å². The van der Waals surface area contributed by atoms with Crippen LogP contribution in [0.25, 0.3) is 10.9 Å². The van der Waals surface area contributed by atoms with E-state index in [1.54, 1.807) is 12.1 Å². The van der Waals surface area contributed by atoms with Gasteiger partial charge in [-0.15, -0.1) is 0 Å². The van der Waals surface area contributed by atoms with Crippen molar-refractivity contribution in [3.63, 3.8) is 0 Å². The molecule has 3 nitrogen and oxygen atoms in total. The Balaban J connectivity index is 3.01. The highest BCUT2D eigenvalue weighted by atomic mass is 16.1. The number of benzene rings is 1. The van der Waals surface area contributed by atoms with Crippen LogP contribution in [0.4, 0.5) is 5.69 Å². The van der Waals surface area contributed by atoms with Gasteiger partial charge in [-0.25, -0.2) is 0 Å². The van der Waals surface area contributed by atoms with Crippen LogP contribution >= 0.6 is 0 Å². The smallest absolute Gasteiger partial charge is 0.248 e. The first-order valence-electron chi connectivity index (χ1n) is 4.47. The van der Waals surface area contributed by atoms with E-state index in [-0.39, 0.29) is 5.56 Å². The van der Waals surface area contributed by atoms with Crippen molar-refractivity contribution < 1.29 is 0 Å². The van der Waals surface area contributed by atoms with E-state index in [0.29, 0.717) is 5.69 Å². The summed E-state index contributed by atoms with van der Waals surface area (Å²) in [7, 11) is 0. The molecule has 2 aromatic rings. The highest BCUT2D eigenvalue weighted by molar-refractivity contribution is 5.87. The van der Waals surface area contributed by atoms with Crippen molar-refractivity contribution in [3.8, 4) is 0 Å². The Bertz CT molecular complexity index is 555. The molecule has 0 spiro atoms. The molecule has 1 aromatic carbocycles. The molecule has 3 N–H and O–H groups in total. The minimum Gasteiger partial charge on any atom is -0.399 e. The number of hydrogen-bond acceptors (Lipinski definition) is 2. The third kappa shape index (κ3) is 1.27. The molecule has 3 heteroatoms. The van der Waals surface area contributed by atoms with E-state index >= 15 is 0 Å². The minimum absolute atomic E-state index is 0.0833. The maximum absolute atomic E-state index is 11.2. The third-order valence-corrected chi connectivity index (χ3v) is 2.36. The van der Waals surface area contributed by atoms with Crippen molar-refractivity contribution >= 4 is 16.6 Å². The summed E-state index contributed by atoms with van der Waals surface area (Å²) in [5.41, 5.74) is 9.19. The molecule has 0 aliphatic rings. The zero-order valence-electron chi connectivity index (χ0n) is 8.22. The van der Waals surface area contributed by atoms with Gasteiger partial charge in [-0.05, 0) is 37.1 Å². The third-order valence-electron chi connectivity index (χ3n) is 2.36. The van der Waals surface area contributed by atoms with Gasteiger partial charge >= 0.3 is 0 Å². The maximum atomic E-state index is 11.2. The standard InChI is InChI=1S/C11H12N2O/c1-6-3-8(12)5-9-11(6)7(2)4-10(14)13-9/h3-5H,12H2,1-2H3,(H,13,14). The van der Waals surface area contributed by atoms with E-state index in [9.17, 15) is 4.79 Å². The average Bonchev–Trinajstić information content (AvgIpc) is 1.99. The lowest BCUT2D eigenvalue weighted by Gasteiger charge is -2.06. The minimum atomic E-state index is -0.0833. The summed E-state index contributed by atoms with van der Waals surface area (Å²) in [6, 6.07) is 5.30. The molecule has 1 heterocycles. The first kappa shape index (κ1) is 8.81. The molecule has 0 aliphatic carbocycles. The van der Waals surface area contributed by atoms with Crippen molar-refractivity contribution in [3.05, 3.63) is 39.7 Å². The van der Waals surface area contributed by atoms with Gasteiger partial charge in [0.05, 0.1) is 5.52 Å². The van der Waals surface area contributed by atoms with Crippen LogP contribution in [-0.2, 0) is 0 Å². The number of aromatic nitrogens is 1. The summed E-state index contributed by atoms with van der Waals surface area (Å²) in [4.78, 5) is 14.0. The van der Waals surface area contributed by atoms with Gasteiger partial charge in [0, 0.05) is 17.1 Å². The lowest BCUT2D eigenvalue weighted by atomic mass is 10.0. The Kier molecular flexibility index (Phi) is 1.81. The number of aryl methyl sites for hydroxylation is 2. The first-order valence-corrected chi connectivity index (χ1v) is 4.47. The summed E-state index contributed by atoms with van der Waals surface area (Å²) in [5.74, 6) is 0. The fourth-order valence-electron chi connectivity index (χ4n) is 1.87. The Hall–Kier alpha value is -1.77. The molecule has 0 fully saturated rings. The van der Waals surface area contributed by atoms with E-state index < -0.39 is 0 Å². The predicted molar refractivity (Wildman–Crippen MR) is 58.5 cm³/mol. The molecule has 0 bridgehead atoms. The number of H-pyrrole nitrogens is 1. The molecule has 0 radical (unpaired) electrons. The van der Waals surface area contributed by atoms with Gasteiger partial charge in [0.1, 0.15) is 0 Å². The molecule has 1 aromatic heterocycles. The van der Waals surface area contributed by atoms with Crippen LogP contribution < -0.4 is 11.3 Å². The van der Waals surface area contributed by atoms with E-state index in [1.807, 2.05) is 19.9 Å². The van der Waals surface area contributed by atoms with Crippen LogP contribution in [0.1, 0.15) is 11.1 Å². The molecule has 0 atom stereocenters. The second-order valence-electron chi connectivity index (χ2n) is 3.58. The molecule has 0 saturated carbocycles. The van der Waals surface area contributed by atoms with Crippen LogP contribution in [0.3, 0.4) is 0 Å². The first-order chi connectivity index (χ1) is 6.58. The zero-order chi connectivity index (χ0) is 10.3. The molecule has 0 unspecified atom stereocenters. The predicted octanol–water partition coefficient (Wildman–Crippen LogP) is 1.73. The largest absolute Gasteiger partial charge is 0.399 e. The fourth-order valence-corrected chi connectivity index (χ4v) is 1.87. The second-order valence-corrected chi connectivity index (χ2v) is 3.58. The van der Waals surface area contributed by atoms with Crippen molar-refractivity contribution in [1.29, 1.82) is 0 Å². The van der Waals surface area contributed by atoms with Gasteiger partial charge < -0.3 is 10.7 Å². The number of pyridine rings is 1. The molecular formula is C11H12N2O. The molecule has 2 rings (SSSR count). The van der Waals surface area contributed by atoms with Crippen LogP contribution in [0, 0.1) is 13.8 Å².